The number of nitrogens with one attached hydrogen (secondary N) is 1. The molecule has 1 aromatic carbocycles. The Labute approximate surface area is 123 Å². The number of halogens is 2. The summed E-state index contributed by atoms with van der Waals surface area (Å²) >= 11 is 4.43. The SMILES string of the molecule is CCCNc1snnc1COc1ccc(F)c(Br)c1. The zero-order valence-corrected chi connectivity index (χ0v) is 12.7. The molecule has 0 aliphatic heterocycles. The summed E-state index contributed by atoms with van der Waals surface area (Å²) in [6.45, 7) is 3.27. The summed E-state index contributed by atoms with van der Waals surface area (Å²) in [6, 6.07) is 4.53. The van der Waals surface area contributed by atoms with E-state index in [0.717, 1.165) is 23.7 Å². The lowest BCUT2D eigenvalue weighted by molar-refractivity contribution is 0.301. The molecule has 0 saturated heterocycles. The third-order valence-corrected chi connectivity index (χ3v) is 3.69. The van der Waals surface area contributed by atoms with E-state index in [2.05, 4.69) is 37.8 Å². The van der Waals surface area contributed by atoms with Gasteiger partial charge in [-0.25, -0.2) is 4.39 Å². The maximum absolute atomic E-state index is 13.1. The lowest BCUT2D eigenvalue weighted by Crippen LogP contribution is -2.03. The van der Waals surface area contributed by atoms with Gasteiger partial charge in [-0.2, -0.15) is 0 Å². The van der Waals surface area contributed by atoms with Crippen molar-refractivity contribution in [2.75, 3.05) is 11.9 Å². The molecule has 7 heteroatoms. The highest BCUT2D eigenvalue weighted by molar-refractivity contribution is 9.10. The van der Waals surface area contributed by atoms with Gasteiger partial charge in [0, 0.05) is 18.1 Å². The highest BCUT2D eigenvalue weighted by Gasteiger charge is 2.09. The zero-order valence-electron chi connectivity index (χ0n) is 10.3. The van der Waals surface area contributed by atoms with Crippen molar-refractivity contribution < 1.29 is 9.13 Å². The van der Waals surface area contributed by atoms with Gasteiger partial charge >= 0.3 is 0 Å². The average Bonchev–Trinajstić information content (AvgIpc) is 2.85. The first kappa shape index (κ1) is 14.2. The molecule has 1 N–H and O–H groups in total. The Balaban J connectivity index is 1.98. The van der Waals surface area contributed by atoms with Crippen LogP contribution in [0, 0.1) is 5.82 Å². The van der Waals surface area contributed by atoms with Crippen LogP contribution in [0.3, 0.4) is 0 Å². The van der Waals surface area contributed by atoms with Crippen molar-refractivity contribution in [2.45, 2.75) is 20.0 Å². The summed E-state index contributed by atoms with van der Waals surface area (Å²) in [7, 11) is 0. The summed E-state index contributed by atoms with van der Waals surface area (Å²) in [5.74, 6) is 0.274. The van der Waals surface area contributed by atoms with Crippen molar-refractivity contribution in [3.05, 3.63) is 34.2 Å². The Morgan fingerprint density at radius 1 is 1.47 bits per heavy atom. The number of rotatable bonds is 6. The molecule has 0 aliphatic carbocycles. The minimum absolute atomic E-state index is 0.306. The summed E-state index contributed by atoms with van der Waals surface area (Å²) in [4.78, 5) is 0. The number of aromatic nitrogens is 2. The van der Waals surface area contributed by atoms with E-state index in [4.69, 9.17) is 4.74 Å². The first-order valence-electron chi connectivity index (χ1n) is 5.83. The van der Waals surface area contributed by atoms with Crippen molar-refractivity contribution >= 4 is 32.5 Å². The second-order valence-electron chi connectivity index (χ2n) is 3.84. The van der Waals surface area contributed by atoms with Gasteiger partial charge < -0.3 is 10.1 Å². The standard InChI is InChI=1S/C12H13BrFN3OS/c1-2-5-15-12-11(16-17-19-12)7-18-8-3-4-10(14)9(13)6-8/h3-4,6,15H,2,5,7H2,1H3. The molecule has 0 bridgehead atoms. The van der Waals surface area contributed by atoms with Gasteiger partial charge in [-0.1, -0.05) is 11.4 Å². The average molecular weight is 346 g/mol. The molecular formula is C12H13BrFN3OS. The number of anilines is 1. The largest absolute Gasteiger partial charge is 0.487 e. The van der Waals surface area contributed by atoms with Gasteiger partial charge in [0.1, 0.15) is 28.9 Å². The van der Waals surface area contributed by atoms with Crippen LogP contribution in [-0.4, -0.2) is 16.1 Å². The maximum Gasteiger partial charge on any atom is 0.137 e. The molecule has 0 unspecified atom stereocenters. The van der Waals surface area contributed by atoms with E-state index >= 15 is 0 Å². The van der Waals surface area contributed by atoms with E-state index in [9.17, 15) is 4.39 Å². The second kappa shape index (κ2) is 6.81. The molecule has 0 amide bonds. The first-order chi connectivity index (χ1) is 9.20. The molecular weight excluding hydrogens is 333 g/mol. The third-order valence-electron chi connectivity index (χ3n) is 2.36. The molecule has 0 saturated carbocycles. The molecule has 0 fully saturated rings. The Kier molecular flexibility index (Phi) is 5.09. The molecule has 0 atom stereocenters. The monoisotopic (exact) mass is 345 g/mol. The highest BCUT2D eigenvalue weighted by atomic mass is 79.9. The molecule has 0 spiro atoms. The Hall–Kier alpha value is -1.21. The summed E-state index contributed by atoms with van der Waals surface area (Å²) in [5, 5.41) is 8.18. The van der Waals surface area contributed by atoms with E-state index in [1.807, 2.05) is 0 Å². The fraction of sp³-hybridized carbons (Fsp3) is 0.333. The van der Waals surface area contributed by atoms with Crippen LogP contribution in [0.1, 0.15) is 19.0 Å². The number of nitrogens with zero attached hydrogens (tertiary/aromatic N) is 2. The van der Waals surface area contributed by atoms with Gasteiger partial charge in [-0.3, -0.25) is 0 Å². The van der Waals surface area contributed by atoms with E-state index in [-0.39, 0.29) is 5.82 Å². The topological polar surface area (TPSA) is 47.0 Å². The van der Waals surface area contributed by atoms with E-state index < -0.39 is 0 Å². The summed E-state index contributed by atoms with van der Waals surface area (Å²) in [6.07, 6.45) is 1.03. The molecule has 2 rings (SSSR count). The van der Waals surface area contributed by atoms with Gasteiger partial charge in [0.15, 0.2) is 0 Å². The lowest BCUT2D eigenvalue weighted by atomic mass is 10.3. The summed E-state index contributed by atoms with van der Waals surface area (Å²) < 4.78 is 22.9. The quantitative estimate of drug-likeness (QED) is 0.863. The summed E-state index contributed by atoms with van der Waals surface area (Å²) in [5.41, 5.74) is 0.763. The predicted octanol–water partition coefficient (Wildman–Crippen LogP) is 3.84. The van der Waals surface area contributed by atoms with Crippen molar-refractivity contribution in [2.24, 2.45) is 0 Å². The van der Waals surface area contributed by atoms with Crippen molar-refractivity contribution in [3.8, 4) is 5.75 Å². The lowest BCUT2D eigenvalue weighted by Gasteiger charge is -2.07. The molecule has 1 heterocycles. The number of ether oxygens (including phenoxy) is 1. The fourth-order valence-corrected chi connectivity index (χ4v) is 2.34. The van der Waals surface area contributed by atoms with Gasteiger partial charge in [0.05, 0.1) is 4.47 Å². The maximum atomic E-state index is 13.1. The Morgan fingerprint density at radius 2 is 2.32 bits per heavy atom. The molecule has 19 heavy (non-hydrogen) atoms. The van der Waals surface area contributed by atoms with E-state index in [1.54, 1.807) is 12.1 Å². The van der Waals surface area contributed by atoms with Gasteiger partial charge in [-0.05, 0) is 40.5 Å². The van der Waals surface area contributed by atoms with Crippen molar-refractivity contribution in [1.82, 2.24) is 9.59 Å². The predicted molar refractivity (Wildman–Crippen MR) is 77.1 cm³/mol. The smallest absolute Gasteiger partial charge is 0.137 e. The van der Waals surface area contributed by atoms with E-state index in [0.29, 0.717) is 16.8 Å². The van der Waals surface area contributed by atoms with Crippen LogP contribution in [-0.2, 0) is 6.61 Å². The molecule has 0 aliphatic rings. The van der Waals surface area contributed by atoms with Crippen LogP contribution in [0.15, 0.2) is 22.7 Å². The van der Waals surface area contributed by atoms with Gasteiger partial charge in [-0.15, -0.1) is 5.10 Å². The van der Waals surface area contributed by atoms with Crippen molar-refractivity contribution in [1.29, 1.82) is 0 Å². The second-order valence-corrected chi connectivity index (χ2v) is 5.45. The zero-order chi connectivity index (χ0) is 13.7. The number of hydrogen-bond donors (Lipinski definition) is 1. The molecule has 102 valence electrons. The van der Waals surface area contributed by atoms with Crippen LogP contribution in [0.2, 0.25) is 0 Å². The Morgan fingerprint density at radius 3 is 3.05 bits per heavy atom. The van der Waals surface area contributed by atoms with E-state index in [1.165, 1.54) is 17.6 Å². The van der Waals surface area contributed by atoms with Crippen LogP contribution in [0.25, 0.3) is 0 Å². The first-order valence-corrected chi connectivity index (χ1v) is 7.40. The van der Waals surface area contributed by atoms with Crippen LogP contribution in [0.5, 0.6) is 5.75 Å². The highest BCUT2D eigenvalue weighted by Crippen LogP contribution is 2.24. The third kappa shape index (κ3) is 3.87. The minimum Gasteiger partial charge on any atom is -0.487 e. The van der Waals surface area contributed by atoms with Crippen LogP contribution >= 0.6 is 27.5 Å². The number of benzene rings is 1. The molecule has 4 nitrogen and oxygen atoms in total. The van der Waals surface area contributed by atoms with Gasteiger partial charge in [0.2, 0.25) is 0 Å². The molecule has 1 aromatic heterocycles. The fourth-order valence-electron chi connectivity index (χ4n) is 1.39. The number of hydrogen-bond acceptors (Lipinski definition) is 5. The molecule has 0 radical (unpaired) electrons. The van der Waals surface area contributed by atoms with Gasteiger partial charge in [0.25, 0.3) is 0 Å². The Bertz CT molecular complexity index is 550. The van der Waals surface area contributed by atoms with Crippen molar-refractivity contribution in [3.63, 3.8) is 0 Å². The molecule has 2 aromatic rings. The minimum atomic E-state index is -0.312. The normalized spacial score (nSPS) is 10.5. The van der Waals surface area contributed by atoms with Crippen LogP contribution in [0.4, 0.5) is 9.39 Å². The van der Waals surface area contributed by atoms with Crippen LogP contribution < -0.4 is 10.1 Å².